The summed E-state index contributed by atoms with van der Waals surface area (Å²) in [5, 5.41) is 21.9. The number of nitro benzene ring substituents is 1. The van der Waals surface area contributed by atoms with Gasteiger partial charge in [0.25, 0.3) is 11.6 Å². The van der Waals surface area contributed by atoms with Crippen molar-refractivity contribution in [3.63, 3.8) is 0 Å². The van der Waals surface area contributed by atoms with E-state index < -0.39 is 10.8 Å². The monoisotopic (exact) mass is 238 g/mol. The second kappa shape index (κ2) is 5.95. The van der Waals surface area contributed by atoms with E-state index in [1.807, 2.05) is 0 Å². The average Bonchev–Trinajstić information content (AvgIpc) is 2.28. The van der Waals surface area contributed by atoms with Crippen LogP contribution in [-0.4, -0.2) is 29.1 Å². The number of benzene rings is 1. The van der Waals surface area contributed by atoms with Crippen LogP contribution < -0.4 is 5.32 Å². The lowest BCUT2D eigenvalue weighted by molar-refractivity contribution is -0.385. The summed E-state index contributed by atoms with van der Waals surface area (Å²) in [5.41, 5.74) is 0.433. The first-order valence-corrected chi connectivity index (χ1v) is 5.21. The van der Waals surface area contributed by atoms with Crippen molar-refractivity contribution in [2.75, 3.05) is 13.2 Å². The molecule has 0 bridgehead atoms. The van der Waals surface area contributed by atoms with E-state index in [2.05, 4.69) is 5.32 Å². The highest BCUT2D eigenvalue weighted by Gasteiger charge is 2.21. The van der Waals surface area contributed by atoms with Crippen molar-refractivity contribution < 1.29 is 14.8 Å². The standard InChI is InChI=1S/C11H14N2O4/c1-8-4-2-5-9(13(16)17)10(8)11(15)12-6-3-7-14/h2,4-5,14H,3,6-7H2,1H3,(H,12,15). The van der Waals surface area contributed by atoms with Crippen LogP contribution in [0.15, 0.2) is 18.2 Å². The summed E-state index contributed by atoms with van der Waals surface area (Å²) < 4.78 is 0. The Morgan fingerprint density at radius 2 is 2.24 bits per heavy atom. The molecule has 0 unspecified atom stereocenters. The van der Waals surface area contributed by atoms with Crippen molar-refractivity contribution in [2.45, 2.75) is 13.3 Å². The average molecular weight is 238 g/mol. The molecule has 0 aromatic heterocycles. The van der Waals surface area contributed by atoms with Crippen LogP contribution in [0.1, 0.15) is 22.3 Å². The maximum absolute atomic E-state index is 11.8. The maximum atomic E-state index is 11.8. The Balaban J connectivity index is 2.95. The van der Waals surface area contributed by atoms with Crippen LogP contribution in [0.2, 0.25) is 0 Å². The van der Waals surface area contributed by atoms with Crippen LogP contribution in [0.25, 0.3) is 0 Å². The minimum atomic E-state index is -0.575. The number of aryl methyl sites for hydroxylation is 1. The molecule has 6 heteroatoms. The first kappa shape index (κ1) is 13.1. The first-order chi connectivity index (χ1) is 8.07. The van der Waals surface area contributed by atoms with Crippen molar-refractivity contribution in [3.05, 3.63) is 39.4 Å². The Morgan fingerprint density at radius 1 is 1.53 bits per heavy atom. The van der Waals surface area contributed by atoms with Crippen LogP contribution >= 0.6 is 0 Å². The molecule has 6 nitrogen and oxygen atoms in total. The van der Waals surface area contributed by atoms with Gasteiger partial charge in [-0.15, -0.1) is 0 Å². The van der Waals surface area contributed by atoms with E-state index in [4.69, 9.17) is 5.11 Å². The molecule has 0 fully saturated rings. The fraction of sp³-hybridized carbons (Fsp3) is 0.364. The fourth-order valence-electron chi connectivity index (χ4n) is 1.47. The Bertz CT molecular complexity index is 431. The van der Waals surface area contributed by atoms with E-state index in [9.17, 15) is 14.9 Å². The molecule has 1 aromatic rings. The number of carbonyl (C=O) groups is 1. The molecule has 0 radical (unpaired) electrons. The smallest absolute Gasteiger partial charge is 0.282 e. The van der Waals surface area contributed by atoms with Gasteiger partial charge in [-0.3, -0.25) is 14.9 Å². The van der Waals surface area contributed by atoms with Crippen LogP contribution in [0.3, 0.4) is 0 Å². The van der Waals surface area contributed by atoms with Gasteiger partial charge in [0.15, 0.2) is 0 Å². The van der Waals surface area contributed by atoms with E-state index in [1.165, 1.54) is 12.1 Å². The number of amides is 1. The maximum Gasteiger partial charge on any atom is 0.282 e. The van der Waals surface area contributed by atoms with E-state index in [-0.39, 0.29) is 17.9 Å². The molecule has 1 rings (SSSR count). The Kier molecular flexibility index (Phi) is 4.59. The normalized spacial score (nSPS) is 10.0. The van der Waals surface area contributed by atoms with Crippen LogP contribution in [0.4, 0.5) is 5.69 Å². The fourth-order valence-corrected chi connectivity index (χ4v) is 1.47. The second-order valence-electron chi connectivity index (χ2n) is 3.56. The third-order valence-electron chi connectivity index (χ3n) is 2.30. The summed E-state index contributed by atoms with van der Waals surface area (Å²) in [5.74, 6) is -0.483. The zero-order valence-electron chi connectivity index (χ0n) is 9.47. The molecule has 0 atom stereocenters. The summed E-state index contributed by atoms with van der Waals surface area (Å²) >= 11 is 0. The number of carbonyl (C=O) groups excluding carboxylic acids is 1. The number of nitrogens with one attached hydrogen (secondary N) is 1. The SMILES string of the molecule is Cc1cccc([N+](=O)[O-])c1C(=O)NCCCO. The first-order valence-electron chi connectivity index (χ1n) is 5.21. The van der Waals surface area contributed by atoms with Gasteiger partial charge >= 0.3 is 0 Å². The van der Waals surface area contributed by atoms with E-state index >= 15 is 0 Å². The molecule has 0 aliphatic rings. The Hall–Kier alpha value is -1.95. The van der Waals surface area contributed by atoms with Crippen molar-refractivity contribution in [2.24, 2.45) is 0 Å². The Labute approximate surface area is 98.4 Å². The summed E-state index contributed by atoms with van der Waals surface area (Å²) in [7, 11) is 0. The lowest BCUT2D eigenvalue weighted by Crippen LogP contribution is -2.26. The molecule has 0 aliphatic heterocycles. The zero-order chi connectivity index (χ0) is 12.8. The molecule has 1 amide bonds. The second-order valence-corrected chi connectivity index (χ2v) is 3.56. The number of nitrogens with zero attached hydrogens (tertiary/aromatic N) is 1. The minimum absolute atomic E-state index is 0.0316. The van der Waals surface area contributed by atoms with Crippen LogP contribution in [-0.2, 0) is 0 Å². The van der Waals surface area contributed by atoms with Gasteiger partial charge in [-0.2, -0.15) is 0 Å². The summed E-state index contributed by atoms with van der Waals surface area (Å²) in [6.07, 6.45) is 0.422. The molecule has 2 N–H and O–H groups in total. The lowest BCUT2D eigenvalue weighted by Gasteiger charge is -2.07. The van der Waals surface area contributed by atoms with Gasteiger partial charge in [0.1, 0.15) is 5.56 Å². The van der Waals surface area contributed by atoms with Gasteiger partial charge in [0.05, 0.1) is 4.92 Å². The number of aliphatic hydroxyl groups is 1. The number of nitro groups is 1. The summed E-state index contributed by atoms with van der Waals surface area (Å²) in [6, 6.07) is 4.49. The molecule has 0 saturated carbocycles. The summed E-state index contributed by atoms with van der Waals surface area (Å²) in [4.78, 5) is 22.0. The molecule has 0 heterocycles. The highest BCUT2D eigenvalue weighted by Crippen LogP contribution is 2.21. The largest absolute Gasteiger partial charge is 0.396 e. The van der Waals surface area contributed by atoms with Crippen molar-refractivity contribution in [1.29, 1.82) is 0 Å². The third-order valence-corrected chi connectivity index (χ3v) is 2.30. The predicted molar refractivity (Wildman–Crippen MR) is 61.9 cm³/mol. The number of hydrogen-bond acceptors (Lipinski definition) is 4. The highest BCUT2D eigenvalue weighted by atomic mass is 16.6. The molecule has 1 aromatic carbocycles. The highest BCUT2D eigenvalue weighted by molar-refractivity contribution is 5.99. The zero-order valence-corrected chi connectivity index (χ0v) is 9.47. The van der Waals surface area contributed by atoms with Crippen LogP contribution in [0, 0.1) is 17.0 Å². The quantitative estimate of drug-likeness (QED) is 0.455. The van der Waals surface area contributed by atoms with E-state index in [0.717, 1.165) is 0 Å². The van der Waals surface area contributed by atoms with Crippen LogP contribution in [0.5, 0.6) is 0 Å². The van der Waals surface area contributed by atoms with Crippen molar-refractivity contribution >= 4 is 11.6 Å². The molecular formula is C11H14N2O4. The molecule has 0 spiro atoms. The van der Waals surface area contributed by atoms with Gasteiger partial charge in [-0.05, 0) is 18.9 Å². The van der Waals surface area contributed by atoms with E-state index in [0.29, 0.717) is 18.5 Å². The predicted octanol–water partition coefficient (Wildman–Crippen LogP) is 1.02. The number of aliphatic hydroxyl groups excluding tert-OH is 1. The van der Waals surface area contributed by atoms with Crippen molar-refractivity contribution in [3.8, 4) is 0 Å². The number of hydrogen-bond donors (Lipinski definition) is 2. The van der Waals surface area contributed by atoms with Gasteiger partial charge in [-0.1, -0.05) is 12.1 Å². The number of rotatable bonds is 5. The van der Waals surface area contributed by atoms with Gasteiger partial charge < -0.3 is 10.4 Å². The topological polar surface area (TPSA) is 92.5 Å². The molecule has 17 heavy (non-hydrogen) atoms. The molecule has 0 aliphatic carbocycles. The van der Waals surface area contributed by atoms with Gasteiger partial charge in [0.2, 0.25) is 0 Å². The molecule has 92 valence electrons. The van der Waals surface area contributed by atoms with Crippen molar-refractivity contribution in [1.82, 2.24) is 5.32 Å². The van der Waals surface area contributed by atoms with Gasteiger partial charge in [-0.25, -0.2) is 0 Å². The van der Waals surface area contributed by atoms with E-state index in [1.54, 1.807) is 13.0 Å². The third kappa shape index (κ3) is 3.25. The minimum Gasteiger partial charge on any atom is -0.396 e. The summed E-state index contributed by atoms with van der Waals surface area (Å²) in [6.45, 7) is 1.91. The van der Waals surface area contributed by atoms with Gasteiger partial charge in [0, 0.05) is 19.2 Å². The molecule has 0 saturated heterocycles. The molecular weight excluding hydrogens is 224 g/mol. The Morgan fingerprint density at radius 3 is 2.82 bits per heavy atom. The lowest BCUT2D eigenvalue weighted by atomic mass is 10.1.